The molecule has 35 heavy (non-hydrogen) atoms. The number of ether oxygens (including phenoxy) is 1. The lowest BCUT2D eigenvalue weighted by atomic mass is 10.1. The fraction of sp³-hybridized carbons (Fsp3) is 0.174. The molecule has 6 nitrogen and oxygen atoms in total. The molecule has 2 aromatic carbocycles. The first kappa shape index (κ1) is 25.8. The largest absolute Gasteiger partial charge is 0.480 e. The Kier molecular flexibility index (Phi) is 7.36. The van der Waals surface area contributed by atoms with E-state index in [1.165, 1.54) is 55.8 Å². The third kappa shape index (κ3) is 5.15. The first-order valence-corrected chi connectivity index (χ1v) is 11.9. The van der Waals surface area contributed by atoms with Crippen molar-refractivity contribution >= 4 is 81.2 Å². The summed E-state index contributed by atoms with van der Waals surface area (Å²) < 4.78 is 17.1. The van der Waals surface area contributed by atoms with E-state index in [4.69, 9.17) is 62.7 Å². The number of methoxy groups -OCH3 is 1. The van der Waals surface area contributed by atoms with Crippen molar-refractivity contribution in [3.63, 3.8) is 0 Å². The highest BCUT2D eigenvalue weighted by atomic mass is 35.5. The van der Waals surface area contributed by atoms with E-state index in [-0.39, 0.29) is 37.9 Å². The Labute approximate surface area is 224 Å². The van der Waals surface area contributed by atoms with Gasteiger partial charge in [0, 0.05) is 17.8 Å². The molecule has 1 aliphatic carbocycles. The van der Waals surface area contributed by atoms with Crippen molar-refractivity contribution in [2.24, 2.45) is 5.92 Å². The van der Waals surface area contributed by atoms with E-state index in [1.807, 2.05) is 0 Å². The van der Waals surface area contributed by atoms with Crippen LogP contribution in [-0.2, 0) is 4.79 Å². The lowest BCUT2D eigenvalue weighted by molar-refractivity contribution is -0.117. The second-order valence-corrected chi connectivity index (χ2v) is 10.3. The van der Waals surface area contributed by atoms with Crippen LogP contribution in [0.3, 0.4) is 0 Å². The van der Waals surface area contributed by atoms with Crippen LogP contribution in [0.5, 0.6) is 5.88 Å². The van der Waals surface area contributed by atoms with Crippen LogP contribution in [0.2, 0.25) is 15.1 Å². The van der Waals surface area contributed by atoms with Gasteiger partial charge in [-0.05, 0) is 42.0 Å². The number of carbonyl (C=O) groups is 2. The number of nitrogens with one attached hydrogen (secondary N) is 2. The Morgan fingerprint density at radius 2 is 1.77 bits per heavy atom. The molecule has 12 heteroatoms. The van der Waals surface area contributed by atoms with E-state index >= 15 is 0 Å². The summed E-state index contributed by atoms with van der Waals surface area (Å²) in [4.78, 5) is 29.7. The summed E-state index contributed by atoms with van der Waals surface area (Å²) in [6, 6.07) is 9.93. The van der Waals surface area contributed by atoms with Crippen LogP contribution in [0.15, 0.2) is 48.7 Å². The molecule has 0 unspecified atom stereocenters. The van der Waals surface area contributed by atoms with Gasteiger partial charge in [0.2, 0.25) is 11.8 Å². The van der Waals surface area contributed by atoms with E-state index in [1.54, 1.807) is 0 Å². The van der Waals surface area contributed by atoms with E-state index in [9.17, 15) is 14.0 Å². The van der Waals surface area contributed by atoms with Gasteiger partial charge in [-0.3, -0.25) is 9.59 Å². The van der Waals surface area contributed by atoms with Crippen molar-refractivity contribution in [3.05, 3.63) is 80.7 Å². The van der Waals surface area contributed by atoms with Crippen molar-refractivity contribution < 1.29 is 18.7 Å². The average molecular weight is 578 g/mol. The number of nitrogens with zero attached hydrogens (tertiary/aromatic N) is 1. The third-order valence-electron chi connectivity index (χ3n) is 5.42. The molecule has 0 radical (unpaired) electrons. The fourth-order valence-electron chi connectivity index (χ4n) is 3.62. The van der Waals surface area contributed by atoms with Crippen molar-refractivity contribution in [1.82, 2.24) is 4.98 Å². The molecule has 0 saturated heterocycles. The predicted octanol–water partition coefficient (Wildman–Crippen LogP) is 6.97. The summed E-state index contributed by atoms with van der Waals surface area (Å²) >= 11 is 31.0. The first-order chi connectivity index (χ1) is 16.5. The zero-order valence-corrected chi connectivity index (χ0v) is 21.5. The minimum Gasteiger partial charge on any atom is -0.480 e. The average Bonchev–Trinajstić information content (AvgIpc) is 3.40. The minimum atomic E-state index is -1.41. The normalized spacial score (nSPS) is 18.0. The summed E-state index contributed by atoms with van der Waals surface area (Å²) in [6.07, 6.45) is 1.42. The van der Waals surface area contributed by atoms with Crippen LogP contribution in [-0.4, -0.2) is 28.2 Å². The van der Waals surface area contributed by atoms with Crippen molar-refractivity contribution in [2.75, 3.05) is 17.7 Å². The quantitative estimate of drug-likeness (QED) is 0.310. The summed E-state index contributed by atoms with van der Waals surface area (Å²) in [5.74, 6) is -2.94. The number of amides is 2. The van der Waals surface area contributed by atoms with Gasteiger partial charge in [-0.25, -0.2) is 9.37 Å². The summed E-state index contributed by atoms with van der Waals surface area (Å²) in [5.41, 5.74) is 1.16. The molecule has 4 rings (SSSR count). The first-order valence-electron chi connectivity index (χ1n) is 9.97. The fourth-order valence-corrected chi connectivity index (χ4v) is 5.08. The van der Waals surface area contributed by atoms with Gasteiger partial charge in [0.25, 0.3) is 5.91 Å². The van der Waals surface area contributed by atoms with Gasteiger partial charge in [0.15, 0.2) is 0 Å². The van der Waals surface area contributed by atoms with Gasteiger partial charge in [0.05, 0.1) is 34.3 Å². The topological polar surface area (TPSA) is 80.3 Å². The Morgan fingerprint density at radius 3 is 2.46 bits per heavy atom. The van der Waals surface area contributed by atoms with Crippen molar-refractivity contribution in [1.29, 1.82) is 0 Å². The zero-order chi connectivity index (χ0) is 25.5. The second kappa shape index (κ2) is 9.99. The number of benzene rings is 2. The molecule has 182 valence electrons. The molecule has 1 heterocycles. The molecule has 0 bridgehead atoms. The molecule has 1 aliphatic rings. The Balaban J connectivity index is 1.51. The number of anilines is 2. The number of rotatable bonds is 6. The molecular formula is C23H15Cl5FN3O3. The van der Waals surface area contributed by atoms with Gasteiger partial charge in [0.1, 0.15) is 15.2 Å². The molecule has 1 saturated carbocycles. The third-order valence-corrected chi connectivity index (χ3v) is 7.34. The molecule has 2 atom stereocenters. The van der Waals surface area contributed by atoms with Crippen LogP contribution < -0.4 is 15.4 Å². The van der Waals surface area contributed by atoms with Crippen LogP contribution in [0, 0.1) is 11.7 Å². The lowest BCUT2D eigenvalue weighted by Crippen LogP contribution is -2.18. The van der Waals surface area contributed by atoms with Gasteiger partial charge in [-0.1, -0.05) is 40.9 Å². The molecule has 1 aromatic heterocycles. The number of hydrogen-bond donors (Lipinski definition) is 2. The maximum Gasteiger partial charge on any atom is 0.257 e. The summed E-state index contributed by atoms with van der Waals surface area (Å²) in [5, 5.41) is 5.49. The highest BCUT2D eigenvalue weighted by Crippen LogP contribution is 2.65. The number of pyridine rings is 1. The number of aromatic nitrogens is 1. The van der Waals surface area contributed by atoms with E-state index in [0.717, 1.165) is 0 Å². The maximum atomic E-state index is 13.5. The smallest absolute Gasteiger partial charge is 0.257 e. The molecular weight excluding hydrogens is 563 g/mol. The van der Waals surface area contributed by atoms with Crippen molar-refractivity contribution in [2.45, 2.75) is 10.3 Å². The van der Waals surface area contributed by atoms with Gasteiger partial charge in [-0.15, -0.1) is 23.2 Å². The predicted molar refractivity (Wildman–Crippen MR) is 136 cm³/mol. The standard InChI is InChI=1S/C23H15Cl5FN3O3/c1-35-22-19(26)16(6-7-30-22)32-20(33)12-9-11(3-4-13(12)24)31-21(34)18-17(23(18,27)28)10-2-5-15(29)14(25)8-10/h2-9,17-18H,1H3,(H,31,34)(H,30,32,33)/t17-,18+/m1/s1. The van der Waals surface area contributed by atoms with E-state index < -0.39 is 33.8 Å². The Bertz CT molecular complexity index is 1340. The number of carbonyl (C=O) groups excluding carboxylic acids is 2. The second-order valence-electron chi connectivity index (χ2n) is 7.62. The highest BCUT2D eigenvalue weighted by Gasteiger charge is 2.67. The SMILES string of the molecule is COc1nccc(NC(=O)c2cc(NC(=O)[C@@H]3[C@@H](c4ccc(F)c(Cl)c4)C3(Cl)Cl)ccc2Cl)c1Cl. The minimum absolute atomic E-state index is 0.0805. The van der Waals surface area contributed by atoms with Gasteiger partial charge >= 0.3 is 0 Å². The summed E-state index contributed by atoms with van der Waals surface area (Å²) in [7, 11) is 1.40. The van der Waals surface area contributed by atoms with Gasteiger partial charge < -0.3 is 15.4 Å². The lowest BCUT2D eigenvalue weighted by Gasteiger charge is -2.12. The Hall–Kier alpha value is -2.29. The molecule has 0 aliphatic heterocycles. The summed E-state index contributed by atoms with van der Waals surface area (Å²) in [6.45, 7) is 0. The van der Waals surface area contributed by atoms with Crippen LogP contribution in [0.25, 0.3) is 0 Å². The zero-order valence-electron chi connectivity index (χ0n) is 17.7. The van der Waals surface area contributed by atoms with Crippen LogP contribution in [0.1, 0.15) is 21.8 Å². The Morgan fingerprint density at radius 1 is 1.03 bits per heavy atom. The molecule has 0 spiro atoms. The molecule has 1 fully saturated rings. The highest BCUT2D eigenvalue weighted by molar-refractivity contribution is 6.53. The number of alkyl halides is 2. The molecule has 2 amide bonds. The van der Waals surface area contributed by atoms with Crippen molar-refractivity contribution in [3.8, 4) is 5.88 Å². The van der Waals surface area contributed by atoms with Crippen LogP contribution >= 0.6 is 58.0 Å². The maximum absolute atomic E-state index is 13.5. The number of halogens is 6. The molecule has 3 aromatic rings. The molecule has 2 N–H and O–H groups in total. The van der Waals surface area contributed by atoms with E-state index in [0.29, 0.717) is 5.56 Å². The van der Waals surface area contributed by atoms with Crippen LogP contribution in [0.4, 0.5) is 15.8 Å². The van der Waals surface area contributed by atoms with Gasteiger partial charge in [-0.2, -0.15) is 0 Å². The number of hydrogen-bond acceptors (Lipinski definition) is 4. The monoisotopic (exact) mass is 575 g/mol. The van der Waals surface area contributed by atoms with E-state index in [2.05, 4.69) is 15.6 Å².